The zero-order valence-electron chi connectivity index (χ0n) is 22.7. The number of quaternary nitrogens is 1. The lowest BCUT2D eigenvalue weighted by atomic mass is 10.0. The molecular formula is C26H57NO5S. The maximum Gasteiger partial charge on any atom is 0.245 e. The first-order valence-electron chi connectivity index (χ1n) is 13.6. The summed E-state index contributed by atoms with van der Waals surface area (Å²) >= 11 is 0. The van der Waals surface area contributed by atoms with Crippen LogP contribution >= 0.6 is 0 Å². The molecule has 0 spiro atoms. The van der Waals surface area contributed by atoms with E-state index in [0.717, 1.165) is 11.6 Å². The lowest BCUT2D eigenvalue weighted by Gasteiger charge is -2.23. The van der Waals surface area contributed by atoms with Crippen LogP contribution in [0.25, 0.3) is 0 Å². The van der Waals surface area contributed by atoms with Crippen molar-refractivity contribution in [3.8, 4) is 0 Å². The van der Waals surface area contributed by atoms with Crippen molar-refractivity contribution in [2.45, 2.75) is 135 Å². The third-order valence-corrected chi connectivity index (χ3v) is 6.14. The average molecular weight is 496 g/mol. The minimum absolute atomic E-state index is 0.926. The molecule has 0 aliphatic rings. The Labute approximate surface area is 207 Å². The molecule has 6 nitrogen and oxygen atoms in total. The van der Waals surface area contributed by atoms with Gasteiger partial charge in [-0.1, -0.05) is 122 Å². The molecule has 7 heteroatoms. The van der Waals surface area contributed by atoms with Gasteiger partial charge in [0, 0.05) is 0 Å². The van der Waals surface area contributed by atoms with Crippen LogP contribution in [0.1, 0.15) is 135 Å². The molecule has 0 saturated carbocycles. The lowest BCUT2D eigenvalue weighted by Crippen LogP contribution is -2.35. The molecular weight excluding hydrogens is 438 g/mol. The quantitative estimate of drug-likeness (QED) is 0.0365. The summed E-state index contributed by atoms with van der Waals surface area (Å²) in [7, 11) is 3.18. The van der Waals surface area contributed by atoms with Gasteiger partial charge >= 0.3 is 0 Å². The van der Waals surface area contributed by atoms with E-state index in [-0.39, 0.29) is 0 Å². The smallest absolute Gasteiger partial charge is 0.245 e. The van der Waals surface area contributed by atoms with E-state index in [2.05, 4.69) is 37.3 Å². The van der Waals surface area contributed by atoms with Crippen molar-refractivity contribution in [2.75, 3.05) is 34.8 Å². The first kappa shape index (κ1) is 35.0. The van der Waals surface area contributed by atoms with Gasteiger partial charge in [0.25, 0.3) is 0 Å². The van der Waals surface area contributed by atoms with Crippen LogP contribution in [-0.2, 0) is 19.6 Å². The van der Waals surface area contributed by atoms with Crippen molar-refractivity contribution >= 4 is 10.4 Å². The fourth-order valence-corrected chi connectivity index (χ4v) is 4.09. The van der Waals surface area contributed by atoms with Gasteiger partial charge in [-0.15, -0.1) is 4.33 Å². The number of rotatable bonds is 23. The predicted molar refractivity (Wildman–Crippen MR) is 139 cm³/mol. The summed E-state index contributed by atoms with van der Waals surface area (Å²) in [4.78, 5) is 3.51. The Hall–Kier alpha value is -0.210. The van der Waals surface area contributed by atoms with E-state index in [1.807, 2.05) is 0 Å². The van der Waals surface area contributed by atoms with E-state index in [0.29, 0.717) is 0 Å². The highest BCUT2D eigenvalue weighted by atomic mass is 32.3. The molecule has 0 fully saturated rings. The SMILES string of the molecule is CCCCCCCCCCCCCCCCCCCCCC[N+](C)(C)C.COOS(=O)(=O)[O-]. The Bertz CT molecular complexity index is 478. The van der Waals surface area contributed by atoms with Crippen LogP contribution in [0.3, 0.4) is 0 Å². The molecule has 0 aliphatic carbocycles. The minimum atomic E-state index is -4.65. The van der Waals surface area contributed by atoms with Gasteiger partial charge in [-0.3, -0.25) is 0 Å². The Balaban J connectivity index is 0. The first-order valence-corrected chi connectivity index (χ1v) is 14.9. The molecule has 0 radical (unpaired) electrons. The van der Waals surface area contributed by atoms with Crippen molar-refractivity contribution in [3.05, 3.63) is 0 Å². The third kappa shape index (κ3) is 39.3. The van der Waals surface area contributed by atoms with E-state index >= 15 is 0 Å². The summed E-state index contributed by atoms with van der Waals surface area (Å²) in [5.74, 6) is 0. The maximum atomic E-state index is 9.33. The van der Waals surface area contributed by atoms with Crippen molar-refractivity contribution in [2.24, 2.45) is 0 Å². The van der Waals surface area contributed by atoms with E-state index in [1.165, 1.54) is 135 Å². The van der Waals surface area contributed by atoms with Crippen LogP contribution in [0.15, 0.2) is 0 Å². The predicted octanol–water partition coefficient (Wildman–Crippen LogP) is 7.54. The molecule has 0 amide bonds. The minimum Gasteiger partial charge on any atom is -0.724 e. The van der Waals surface area contributed by atoms with E-state index in [4.69, 9.17) is 0 Å². The van der Waals surface area contributed by atoms with Crippen LogP contribution in [0, 0.1) is 0 Å². The highest BCUT2D eigenvalue weighted by molar-refractivity contribution is 7.80. The van der Waals surface area contributed by atoms with Gasteiger partial charge < -0.3 is 9.04 Å². The number of hydrogen-bond acceptors (Lipinski definition) is 5. The molecule has 0 unspecified atom stereocenters. The van der Waals surface area contributed by atoms with E-state index < -0.39 is 10.4 Å². The number of hydrogen-bond donors (Lipinski definition) is 0. The van der Waals surface area contributed by atoms with Crippen molar-refractivity contribution in [3.63, 3.8) is 0 Å². The second-order valence-corrected chi connectivity index (χ2v) is 11.3. The second-order valence-electron chi connectivity index (χ2n) is 10.4. The Morgan fingerprint density at radius 1 is 0.576 bits per heavy atom. The third-order valence-electron chi connectivity index (χ3n) is 5.83. The maximum absolute atomic E-state index is 9.33. The first-order chi connectivity index (χ1) is 15.6. The van der Waals surface area contributed by atoms with Crippen LogP contribution in [0.4, 0.5) is 0 Å². The topological polar surface area (TPSA) is 75.7 Å². The Morgan fingerprint density at radius 2 is 0.848 bits per heavy atom. The Kier molecular flexibility index (Phi) is 26.4. The van der Waals surface area contributed by atoms with Crippen molar-refractivity contribution in [1.29, 1.82) is 0 Å². The zero-order chi connectivity index (χ0) is 25.3. The highest BCUT2D eigenvalue weighted by Gasteiger charge is 2.05. The van der Waals surface area contributed by atoms with Crippen LogP contribution in [0.2, 0.25) is 0 Å². The number of unbranched alkanes of at least 4 members (excludes halogenated alkanes) is 19. The fraction of sp³-hybridized carbons (Fsp3) is 1.00. The monoisotopic (exact) mass is 495 g/mol. The van der Waals surface area contributed by atoms with E-state index in [1.54, 1.807) is 0 Å². The normalized spacial score (nSPS) is 11.9. The van der Waals surface area contributed by atoms with Crippen LogP contribution in [0.5, 0.6) is 0 Å². The summed E-state index contributed by atoms with van der Waals surface area (Å²) < 4.78 is 32.3. The van der Waals surface area contributed by atoms with Gasteiger partial charge in [-0.05, 0) is 12.8 Å². The fourth-order valence-electron chi connectivity index (χ4n) is 3.92. The summed E-state index contributed by atoms with van der Waals surface area (Å²) in [5.41, 5.74) is 0. The van der Waals surface area contributed by atoms with Gasteiger partial charge in [0.2, 0.25) is 10.4 Å². The molecule has 202 valence electrons. The van der Waals surface area contributed by atoms with Crippen LogP contribution < -0.4 is 0 Å². The molecule has 0 aromatic carbocycles. The Morgan fingerprint density at radius 3 is 1.03 bits per heavy atom. The largest absolute Gasteiger partial charge is 0.724 e. The standard InChI is InChI=1S/C25H54N.CH4O5S/c1-5-6-7-8-9-10-11-12-13-14-15-16-17-18-19-20-21-22-23-24-25-26(2,3)4;1-5-6-7(2,3)4/h5-25H2,1-4H3;1H3,(H,2,3,4)/q+1;/p-1. The van der Waals surface area contributed by atoms with E-state index in [9.17, 15) is 13.0 Å². The summed E-state index contributed by atoms with van der Waals surface area (Å²) in [5, 5.41) is 0. The summed E-state index contributed by atoms with van der Waals surface area (Å²) in [6, 6.07) is 0. The lowest BCUT2D eigenvalue weighted by molar-refractivity contribution is -0.870. The zero-order valence-corrected chi connectivity index (χ0v) is 23.6. The highest BCUT2D eigenvalue weighted by Crippen LogP contribution is 2.15. The molecule has 33 heavy (non-hydrogen) atoms. The van der Waals surface area contributed by atoms with Gasteiger partial charge in [-0.2, -0.15) is 0 Å². The molecule has 0 aliphatic heterocycles. The van der Waals surface area contributed by atoms with Gasteiger partial charge in [0.05, 0.1) is 34.8 Å². The summed E-state index contributed by atoms with van der Waals surface area (Å²) in [6.07, 6.45) is 29.3. The van der Waals surface area contributed by atoms with Gasteiger partial charge in [0.15, 0.2) is 0 Å². The van der Waals surface area contributed by atoms with Gasteiger partial charge in [-0.25, -0.2) is 13.3 Å². The molecule has 0 aromatic rings. The summed E-state index contributed by atoms with van der Waals surface area (Å²) in [6.45, 7) is 3.63. The molecule has 0 aromatic heterocycles. The molecule has 0 saturated heterocycles. The van der Waals surface area contributed by atoms with Crippen molar-refractivity contribution < 1.29 is 26.7 Å². The second kappa shape index (κ2) is 24.9. The molecule has 0 rings (SSSR count). The van der Waals surface area contributed by atoms with Crippen molar-refractivity contribution in [1.82, 2.24) is 0 Å². The van der Waals surface area contributed by atoms with Gasteiger partial charge in [0.1, 0.15) is 0 Å². The molecule has 0 N–H and O–H groups in total. The molecule has 0 atom stereocenters. The number of nitrogens with zero attached hydrogens (tertiary/aromatic N) is 1. The van der Waals surface area contributed by atoms with Crippen LogP contribution in [-0.4, -0.2) is 52.3 Å². The molecule has 0 bridgehead atoms. The molecule has 0 heterocycles. The average Bonchev–Trinajstić information content (AvgIpc) is 2.71.